The second kappa shape index (κ2) is 12.1. The fourth-order valence-corrected chi connectivity index (χ4v) is 8.79. The lowest BCUT2D eigenvalue weighted by Crippen LogP contribution is -2.85. The number of carbonyl (C=O) groups excluding carboxylic acids is 4. The number of ether oxygens (including phenoxy) is 5. The highest BCUT2D eigenvalue weighted by Crippen LogP contribution is 2.89. The zero-order valence-electron chi connectivity index (χ0n) is 26.6. The Labute approximate surface area is 268 Å². The molecule has 4 fully saturated rings. The Morgan fingerprint density at radius 1 is 0.826 bits per heavy atom. The third kappa shape index (κ3) is 3.71. The van der Waals surface area contributed by atoms with Gasteiger partial charge in [-0.05, 0) is 46.1 Å². The molecule has 5 atom stereocenters. The summed E-state index contributed by atoms with van der Waals surface area (Å²) in [5.74, 6) is -4.27. The minimum Gasteiger partial charge on any atom is -0.465 e. The van der Waals surface area contributed by atoms with Crippen molar-refractivity contribution in [1.29, 1.82) is 10.5 Å². The molecule has 0 amide bonds. The zero-order valence-corrected chi connectivity index (χ0v) is 26.6. The van der Waals surface area contributed by atoms with Gasteiger partial charge < -0.3 is 23.7 Å². The maximum atomic E-state index is 15.0. The van der Waals surface area contributed by atoms with E-state index in [4.69, 9.17) is 28.7 Å². The van der Waals surface area contributed by atoms with Gasteiger partial charge in [0.25, 0.3) is 0 Å². The minimum absolute atomic E-state index is 0.0964. The predicted molar refractivity (Wildman–Crippen MR) is 159 cm³/mol. The van der Waals surface area contributed by atoms with E-state index in [1.165, 1.54) is 0 Å². The van der Waals surface area contributed by atoms with Crippen LogP contribution in [0.3, 0.4) is 0 Å². The molecule has 1 aromatic rings. The summed E-state index contributed by atoms with van der Waals surface area (Å²) >= 11 is 0. The molecule has 1 saturated heterocycles. The standard InChI is InChI=1S/C34H39N3O9/c1-5-42-25(38)24-32(27(39)43-6-2)26(37-23-17-13-10-14-18-23)33(28(40)44-7-3)30(20-35,21-36)19-31(46-24,22-15-11-9-12-16-22)34(32,33)29(41)45-8-4/h9,11-12,15-16,23-24H,5-8,10,13-14,17-19H2,1-4H3/t24-,31+,32+,33-,34+/m1/s1. The highest BCUT2D eigenvalue weighted by atomic mass is 16.6. The first-order valence-electron chi connectivity index (χ1n) is 16.0. The molecule has 3 aliphatic carbocycles. The van der Waals surface area contributed by atoms with Crippen molar-refractivity contribution in [2.75, 3.05) is 26.4 Å². The zero-order chi connectivity index (χ0) is 33.4. The van der Waals surface area contributed by atoms with Crippen molar-refractivity contribution in [3.8, 4) is 12.1 Å². The normalized spacial score (nSPS) is 33.1. The number of nitrogens with zero attached hydrogens (tertiary/aromatic N) is 3. The van der Waals surface area contributed by atoms with Crippen LogP contribution >= 0.6 is 0 Å². The summed E-state index contributed by atoms with van der Waals surface area (Å²) in [5.41, 5.74) is -12.0. The van der Waals surface area contributed by atoms with Gasteiger partial charge >= 0.3 is 23.9 Å². The van der Waals surface area contributed by atoms with E-state index >= 15 is 4.79 Å². The van der Waals surface area contributed by atoms with Crippen LogP contribution in [-0.4, -0.2) is 68.2 Å². The number of esters is 4. The number of rotatable bonds is 10. The molecule has 0 spiro atoms. The Hall–Kier alpha value is -4.29. The summed E-state index contributed by atoms with van der Waals surface area (Å²) in [4.78, 5) is 63.7. The fraction of sp³-hybridized carbons (Fsp3) is 0.618. The number of hydrogen-bond acceptors (Lipinski definition) is 12. The summed E-state index contributed by atoms with van der Waals surface area (Å²) in [7, 11) is 0. The Morgan fingerprint density at radius 2 is 1.39 bits per heavy atom. The van der Waals surface area contributed by atoms with E-state index < -0.39 is 69.7 Å². The molecule has 1 heterocycles. The van der Waals surface area contributed by atoms with Gasteiger partial charge in [-0.1, -0.05) is 49.6 Å². The van der Waals surface area contributed by atoms with Gasteiger partial charge in [-0.3, -0.25) is 19.4 Å². The average molecular weight is 634 g/mol. The van der Waals surface area contributed by atoms with Crippen molar-refractivity contribution in [2.24, 2.45) is 26.7 Å². The molecule has 4 aliphatic rings. The van der Waals surface area contributed by atoms with E-state index in [9.17, 15) is 24.9 Å². The Bertz CT molecular complexity index is 1510. The smallest absolute Gasteiger partial charge is 0.336 e. The summed E-state index contributed by atoms with van der Waals surface area (Å²) in [6, 6.07) is 11.9. The van der Waals surface area contributed by atoms with E-state index in [1.54, 1.807) is 58.0 Å². The van der Waals surface area contributed by atoms with Crippen molar-refractivity contribution in [3.05, 3.63) is 35.9 Å². The van der Waals surface area contributed by atoms with Gasteiger partial charge in [-0.15, -0.1) is 0 Å². The Morgan fingerprint density at radius 3 is 1.96 bits per heavy atom. The molecule has 5 rings (SSSR count). The average Bonchev–Trinajstić information content (AvgIpc) is 3.42. The third-order valence-corrected chi connectivity index (χ3v) is 10.1. The quantitative estimate of drug-likeness (QED) is 0.271. The van der Waals surface area contributed by atoms with Gasteiger partial charge in [0.05, 0.1) is 44.3 Å². The molecule has 3 saturated carbocycles. The molecular weight excluding hydrogens is 594 g/mol. The fourth-order valence-electron chi connectivity index (χ4n) is 8.79. The van der Waals surface area contributed by atoms with Gasteiger partial charge in [0.15, 0.2) is 22.3 Å². The van der Waals surface area contributed by atoms with E-state index in [2.05, 4.69) is 12.1 Å². The topological polar surface area (TPSA) is 174 Å². The van der Waals surface area contributed by atoms with E-state index in [0.29, 0.717) is 12.8 Å². The van der Waals surface area contributed by atoms with Crippen LogP contribution in [0.15, 0.2) is 35.3 Å². The molecule has 12 heteroatoms. The lowest BCUT2D eigenvalue weighted by atomic mass is 9.30. The van der Waals surface area contributed by atoms with Crippen LogP contribution in [0.4, 0.5) is 0 Å². The van der Waals surface area contributed by atoms with Gasteiger partial charge in [0.2, 0.25) is 0 Å². The van der Waals surface area contributed by atoms with E-state index in [1.807, 2.05) is 0 Å². The highest BCUT2D eigenvalue weighted by molar-refractivity contribution is 6.33. The van der Waals surface area contributed by atoms with E-state index in [0.717, 1.165) is 19.3 Å². The number of nitriles is 2. The molecule has 12 nitrogen and oxygen atoms in total. The molecule has 1 aliphatic heterocycles. The number of carbonyl (C=O) groups is 4. The number of benzene rings is 1. The first kappa shape index (κ1) is 33.1. The minimum atomic E-state index is -2.54. The first-order valence-corrected chi connectivity index (χ1v) is 16.0. The summed E-state index contributed by atoms with van der Waals surface area (Å²) in [5, 5.41) is 22.0. The SMILES string of the molecule is CCOC(=O)[C@H]1O[C@]2(c3ccccc3)CC(C#N)(C#N)[C@]3(C(=O)OCC)C(=NC4CCCCC4)[C@@]1(C(=O)OCC)[C@@]32C(=O)OCC. The van der Waals surface area contributed by atoms with Crippen LogP contribution in [-0.2, 0) is 48.5 Å². The maximum Gasteiger partial charge on any atom is 0.336 e. The van der Waals surface area contributed by atoms with Gasteiger partial charge in [0, 0.05) is 12.5 Å². The molecular formula is C34H39N3O9. The van der Waals surface area contributed by atoms with Crippen molar-refractivity contribution in [3.63, 3.8) is 0 Å². The Balaban J connectivity index is 2.07. The lowest BCUT2D eigenvalue weighted by molar-refractivity contribution is -0.209. The lowest BCUT2D eigenvalue weighted by Gasteiger charge is -2.64. The summed E-state index contributed by atoms with van der Waals surface area (Å²) in [6.07, 6.45) is 1.27. The van der Waals surface area contributed by atoms with Crippen molar-refractivity contribution in [1.82, 2.24) is 0 Å². The van der Waals surface area contributed by atoms with Gasteiger partial charge in [-0.25, -0.2) is 4.79 Å². The Kier molecular flexibility index (Phi) is 8.73. The summed E-state index contributed by atoms with van der Waals surface area (Å²) < 4.78 is 29.3. The number of aliphatic imine (C=N–C) groups is 1. The molecule has 0 aromatic heterocycles. The molecule has 0 unspecified atom stereocenters. The molecule has 0 N–H and O–H groups in total. The van der Waals surface area contributed by atoms with Gasteiger partial charge in [-0.2, -0.15) is 10.5 Å². The second-order valence-corrected chi connectivity index (χ2v) is 12.0. The first-order chi connectivity index (χ1) is 22.2. The van der Waals surface area contributed by atoms with Crippen LogP contribution in [0.2, 0.25) is 0 Å². The van der Waals surface area contributed by atoms with E-state index in [-0.39, 0.29) is 37.7 Å². The number of hydrogen-bond donors (Lipinski definition) is 0. The van der Waals surface area contributed by atoms with Crippen molar-refractivity contribution in [2.45, 2.75) is 84.0 Å². The third-order valence-electron chi connectivity index (χ3n) is 10.1. The van der Waals surface area contributed by atoms with Crippen LogP contribution in [0.1, 0.15) is 71.8 Å². The molecule has 244 valence electrons. The second-order valence-electron chi connectivity index (χ2n) is 12.0. The van der Waals surface area contributed by atoms with Crippen LogP contribution in [0.25, 0.3) is 0 Å². The van der Waals surface area contributed by atoms with Crippen LogP contribution in [0, 0.1) is 44.3 Å². The van der Waals surface area contributed by atoms with Crippen LogP contribution in [0.5, 0.6) is 0 Å². The molecule has 46 heavy (non-hydrogen) atoms. The van der Waals surface area contributed by atoms with Gasteiger partial charge in [0.1, 0.15) is 11.0 Å². The van der Waals surface area contributed by atoms with Crippen LogP contribution < -0.4 is 0 Å². The molecule has 1 aromatic carbocycles. The molecule has 0 radical (unpaired) electrons. The monoisotopic (exact) mass is 633 g/mol. The predicted octanol–water partition coefficient (Wildman–Crippen LogP) is 3.72. The summed E-state index contributed by atoms with van der Waals surface area (Å²) in [6.45, 7) is 5.58. The molecule has 0 bridgehead atoms. The maximum absolute atomic E-state index is 15.0. The largest absolute Gasteiger partial charge is 0.465 e. The van der Waals surface area contributed by atoms with Crippen molar-refractivity contribution >= 4 is 29.6 Å². The highest BCUT2D eigenvalue weighted by Gasteiger charge is 3.07. The van der Waals surface area contributed by atoms with Crippen molar-refractivity contribution < 1.29 is 42.9 Å².